The van der Waals surface area contributed by atoms with Crippen LogP contribution < -0.4 is 15.5 Å². The zero-order chi connectivity index (χ0) is 17.4. The first kappa shape index (κ1) is 17.8. The summed E-state index contributed by atoms with van der Waals surface area (Å²) in [5.74, 6) is 0.119. The Labute approximate surface area is 148 Å². The Bertz CT molecular complexity index is 721. The number of carbonyl (C=O) groups is 1. The molecular formula is C17H18BrN3O3. The first-order valence-corrected chi connectivity index (χ1v) is 8.15. The van der Waals surface area contributed by atoms with Crippen molar-refractivity contribution in [3.05, 3.63) is 52.5 Å². The van der Waals surface area contributed by atoms with Crippen molar-refractivity contribution >= 4 is 33.7 Å². The van der Waals surface area contributed by atoms with Crippen LogP contribution in [0.5, 0.6) is 11.5 Å². The van der Waals surface area contributed by atoms with Gasteiger partial charge in [0.05, 0.1) is 23.8 Å². The maximum absolute atomic E-state index is 11.7. The summed E-state index contributed by atoms with van der Waals surface area (Å²) < 4.78 is 5.83. The van der Waals surface area contributed by atoms with E-state index in [1.165, 1.54) is 6.21 Å². The lowest BCUT2D eigenvalue weighted by Gasteiger charge is -2.08. The van der Waals surface area contributed by atoms with E-state index in [2.05, 4.69) is 31.8 Å². The molecule has 24 heavy (non-hydrogen) atoms. The van der Waals surface area contributed by atoms with Crippen molar-refractivity contribution in [2.75, 3.05) is 18.5 Å². The highest BCUT2D eigenvalue weighted by atomic mass is 79.9. The van der Waals surface area contributed by atoms with Gasteiger partial charge in [0.25, 0.3) is 5.91 Å². The summed E-state index contributed by atoms with van der Waals surface area (Å²) in [6.45, 7) is 2.38. The number of anilines is 1. The van der Waals surface area contributed by atoms with Crippen molar-refractivity contribution in [3.8, 4) is 11.5 Å². The second-order valence-corrected chi connectivity index (χ2v) is 5.65. The second kappa shape index (κ2) is 8.93. The predicted molar refractivity (Wildman–Crippen MR) is 97.6 cm³/mol. The van der Waals surface area contributed by atoms with E-state index in [4.69, 9.17) is 4.74 Å². The van der Waals surface area contributed by atoms with Crippen LogP contribution in [0.15, 0.2) is 52.0 Å². The number of nitrogens with one attached hydrogen (secondary N) is 2. The maximum atomic E-state index is 11.7. The normalized spacial score (nSPS) is 10.6. The number of amides is 1. The predicted octanol–water partition coefficient (Wildman–Crippen LogP) is 3.12. The monoisotopic (exact) mass is 391 g/mol. The molecule has 2 aromatic rings. The number of phenols is 1. The molecule has 0 aliphatic heterocycles. The third-order valence-electron chi connectivity index (χ3n) is 2.98. The molecule has 2 aromatic carbocycles. The number of halogens is 1. The molecule has 0 aromatic heterocycles. The van der Waals surface area contributed by atoms with Crippen molar-refractivity contribution in [2.24, 2.45) is 5.10 Å². The van der Waals surface area contributed by atoms with E-state index in [1.807, 2.05) is 37.3 Å². The van der Waals surface area contributed by atoms with Crippen molar-refractivity contribution in [3.63, 3.8) is 0 Å². The van der Waals surface area contributed by atoms with Gasteiger partial charge in [0, 0.05) is 5.69 Å². The van der Waals surface area contributed by atoms with Crippen molar-refractivity contribution in [1.82, 2.24) is 5.43 Å². The molecule has 6 nitrogen and oxygen atoms in total. The molecule has 0 fully saturated rings. The van der Waals surface area contributed by atoms with E-state index in [9.17, 15) is 9.90 Å². The third-order valence-corrected chi connectivity index (χ3v) is 3.58. The summed E-state index contributed by atoms with van der Waals surface area (Å²) in [5.41, 5.74) is 3.98. The van der Waals surface area contributed by atoms with Crippen LogP contribution >= 0.6 is 15.9 Å². The summed E-state index contributed by atoms with van der Waals surface area (Å²) >= 11 is 3.25. The Morgan fingerprint density at radius 3 is 2.79 bits per heavy atom. The van der Waals surface area contributed by atoms with Gasteiger partial charge in [0.2, 0.25) is 0 Å². The van der Waals surface area contributed by atoms with Gasteiger partial charge >= 0.3 is 0 Å². The molecule has 0 aliphatic rings. The number of hydrogen-bond acceptors (Lipinski definition) is 5. The van der Waals surface area contributed by atoms with E-state index in [1.54, 1.807) is 12.1 Å². The van der Waals surface area contributed by atoms with Crippen LogP contribution in [0.1, 0.15) is 12.5 Å². The van der Waals surface area contributed by atoms with Gasteiger partial charge in [-0.25, -0.2) is 5.43 Å². The van der Waals surface area contributed by atoms with E-state index < -0.39 is 0 Å². The van der Waals surface area contributed by atoms with Gasteiger partial charge in [-0.3, -0.25) is 4.79 Å². The fourth-order valence-electron chi connectivity index (χ4n) is 1.89. The molecule has 0 aliphatic carbocycles. The van der Waals surface area contributed by atoms with Crippen LogP contribution in [0.25, 0.3) is 0 Å². The van der Waals surface area contributed by atoms with Crippen LogP contribution in [0.2, 0.25) is 0 Å². The number of hydrazone groups is 1. The minimum absolute atomic E-state index is 0.0325. The molecule has 0 atom stereocenters. The first-order chi connectivity index (χ1) is 11.6. The maximum Gasteiger partial charge on any atom is 0.259 e. The fraction of sp³-hybridized carbons (Fsp3) is 0.176. The molecule has 3 N–H and O–H groups in total. The Morgan fingerprint density at radius 2 is 2.08 bits per heavy atom. The summed E-state index contributed by atoms with van der Waals surface area (Å²) in [5, 5.41) is 16.7. The smallest absolute Gasteiger partial charge is 0.259 e. The molecule has 0 heterocycles. The molecule has 2 rings (SSSR count). The van der Waals surface area contributed by atoms with Gasteiger partial charge in [-0.15, -0.1) is 0 Å². The highest BCUT2D eigenvalue weighted by Crippen LogP contribution is 2.34. The lowest BCUT2D eigenvalue weighted by Crippen LogP contribution is -2.25. The van der Waals surface area contributed by atoms with Gasteiger partial charge in [-0.2, -0.15) is 5.10 Å². The molecule has 0 unspecified atom stereocenters. The highest BCUT2D eigenvalue weighted by Gasteiger charge is 2.08. The summed E-state index contributed by atoms with van der Waals surface area (Å²) in [6, 6.07) is 12.7. The molecule has 0 bridgehead atoms. The molecule has 0 radical (unpaired) electrons. The van der Waals surface area contributed by atoms with Crippen LogP contribution in [0.4, 0.5) is 5.69 Å². The minimum Gasteiger partial charge on any atom is -0.503 e. The number of rotatable bonds is 7. The minimum atomic E-state index is -0.266. The standard InChI is InChI=1S/C17H18BrN3O3/c1-2-24-15-9-12(8-14(18)17(15)23)10-20-21-16(22)11-19-13-6-4-3-5-7-13/h3-10,19,23H,2,11H2,1H3,(H,21,22)/b20-10-. The first-order valence-electron chi connectivity index (χ1n) is 7.36. The molecular weight excluding hydrogens is 374 g/mol. The van der Waals surface area contributed by atoms with Crippen LogP contribution in [0.3, 0.4) is 0 Å². The van der Waals surface area contributed by atoms with Gasteiger partial charge in [0.1, 0.15) is 0 Å². The van der Waals surface area contributed by atoms with Gasteiger partial charge in [0.15, 0.2) is 11.5 Å². The Kier molecular flexibility index (Phi) is 6.62. The number of ether oxygens (including phenoxy) is 1. The van der Waals surface area contributed by atoms with Crippen LogP contribution in [0, 0.1) is 0 Å². The summed E-state index contributed by atoms with van der Waals surface area (Å²) in [4.78, 5) is 11.7. The van der Waals surface area contributed by atoms with Crippen molar-refractivity contribution < 1.29 is 14.6 Å². The number of para-hydroxylation sites is 1. The Morgan fingerprint density at radius 1 is 1.33 bits per heavy atom. The number of hydrogen-bond donors (Lipinski definition) is 3. The lowest BCUT2D eigenvalue weighted by molar-refractivity contribution is -0.119. The zero-order valence-corrected chi connectivity index (χ0v) is 14.7. The van der Waals surface area contributed by atoms with Gasteiger partial charge < -0.3 is 15.2 Å². The molecule has 0 spiro atoms. The molecule has 0 saturated heterocycles. The van der Waals surface area contributed by atoms with Gasteiger partial charge in [-0.1, -0.05) is 18.2 Å². The second-order valence-electron chi connectivity index (χ2n) is 4.80. The van der Waals surface area contributed by atoms with Crippen molar-refractivity contribution in [1.29, 1.82) is 0 Å². The molecule has 1 amide bonds. The van der Waals surface area contributed by atoms with Crippen molar-refractivity contribution in [2.45, 2.75) is 6.92 Å². The number of aromatic hydroxyl groups is 1. The number of nitrogens with zero attached hydrogens (tertiary/aromatic N) is 1. The summed E-state index contributed by atoms with van der Waals surface area (Å²) in [7, 11) is 0. The number of carbonyl (C=O) groups excluding carboxylic acids is 1. The van der Waals surface area contributed by atoms with Crippen LogP contribution in [-0.4, -0.2) is 30.4 Å². The molecule has 126 valence electrons. The lowest BCUT2D eigenvalue weighted by atomic mass is 10.2. The molecule has 7 heteroatoms. The summed E-state index contributed by atoms with van der Waals surface area (Å²) in [6.07, 6.45) is 1.48. The number of benzene rings is 2. The van der Waals surface area contributed by atoms with Gasteiger partial charge in [-0.05, 0) is 52.7 Å². The van der Waals surface area contributed by atoms with E-state index in [0.717, 1.165) is 5.69 Å². The fourth-order valence-corrected chi connectivity index (χ4v) is 2.35. The molecule has 0 saturated carbocycles. The average molecular weight is 392 g/mol. The quantitative estimate of drug-likeness (QED) is 0.500. The topological polar surface area (TPSA) is 83.0 Å². The largest absolute Gasteiger partial charge is 0.503 e. The van der Waals surface area contributed by atoms with Crippen LogP contribution in [-0.2, 0) is 4.79 Å². The Hall–Kier alpha value is -2.54. The van der Waals surface area contributed by atoms with E-state index in [0.29, 0.717) is 22.4 Å². The zero-order valence-electron chi connectivity index (χ0n) is 13.1. The SMILES string of the molecule is CCOc1cc(/C=N\NC(=O)CNc2ccccc2)cc(Br)c1O. The third kappa shape index (κ3) is 5.27. The Balaban J connectivity index is 1.90. The number of phenolic OH excluding ortho intramolecular Hbond substituents is 1. The van der Waals surface area contributed by atoms with E-state index >= 15 is 0 Å². The highest BCUT2D eigenvalue weighted by molar-refractivity contribution is 9.10. The average Bonchev–Trinajstić information content (AvgIpc) is 2.58. The van der Waals surface area contributed by atoms with E-state index in [-0.39, 0.29) is 18.2 Å².